The van der Waals surface area contributed by atoms with E-state index >= 15 is 0 Å². The average molecular weight is 527 g/mol. The Kier molecular flexibility index (Phi) is 7.23. The van der Waals surface area contributed by atoms with Crippen LogP contribution in [0.3, 0.4) is 0 Å². The molecular weight excluding hydrogens is 507 g/mol. The second-order valence-electron chi connectivity index (χ2n) is 7.85. The first kappa shape index (κ1) is 25.2. The number of halogens is 2. The molecule has 1 atom stereocenters. The fourth-order valence-corrected chi connectivity index (χ4v) is 4.47. The van der Waals surface area contributed by atoms with Crippen molar-refractivity contribution >= 4 is 46.0 Å². The van der Waals surface area contributed by atoms with E-state index in [4.69, 9.17) is 27.9 Å². The molecule has 4 aromatic rings. The van der Waals surface area contributed by atoms with E-state index in [-0.39, 0.29) is 27.6 Å². The van der Waals surface area contributed by atoms with Crippen molar-refractivity contribution in [3.8, 4) is 16.9 Å². The van der Waals surface area contributed by atoms with Crippen molar-refractivity contribution in [1.29, 1.82) is 0 Å². The zero-order chi connectivity index (χ0) is 26.0. The number of nitrogens with zero attached hydrogens (tertiary/aromatic N) is 3. The van der Waals surface area contributed by atoms with Gasteiger partial charge >= 0.3 is 5.97 Å². The maximum absolute atomic E-state index is 12.9. The van der Waals surface area contributed by atoms with Gasteiger partial charge in [0.25, 0.3) is 11.5 Å². The van der Waals surface area contributed by atoms with Gasteiger partial charge in [-0.1, -0.05) is 47.5 Å². The molecule has 11 heteroatoms. The fourth-order valence-electron chi connectivity index (χ4n) is 3.90. The first-order valence-corrected chi connectivity index (χ1v) is 11.4. The summed E-state index contributed by atoms with van der Waals surface area (Å²) in [7, 11) is 2.98. The van der Waals surface area contributed by atoms with Crippen molar-refractivity contribution in [3.63, 3.8) is 0 Å². The van der Waals surface area contributed by atoms with Crippen LogP contribution in [0.5, 0.6) is 5.75 Å². The van der Waals surface area contributed by atoms with Gasteiger partial charge in [-0.15, -0.1) is 0 Å². The smallest absolute Gasteiger partial charge is 0.326 e. The predicted octanol–water partition coefficient (Wildman–Crippen LogP) is 3.74. The number of nitrogens with one attached hydrogen (secondary N) is 1. The number of rotatable bonds is 7. The molecule has 0 radical (unpaired) electrons. The number of hydrogen-bond donors (Lipinski definition) is 2. The Morgan fingerprint density at radius 1 is 1.14 bits per heavy atom. The molecule has 0 aliphatic heterocycles. The first-order valence-electron chi connectivity index (χ1n) is 10.7. The highest BCUT2D eigenvalue weighted by Crippen LogP contribution is 2.33. The lowest BCUT2D eigenvalue weighted by molar-refractivity contribution is -0.139. The number of methoxy groups -OCH3 is 1. The Morgan fingerprint density at radius 3 is 2.53 bits per heavy atom. The Hall–Kier alpha value is -3.95. The molecule has 2 heterocycles. The van der Waals surface area contributed by atoms with Crippen molar-refractivity contribution in [3.05, 3.63) is 86.4 Å². The minimum atomic E-state index is -1.30. The second-order valence-corrected chi connectivity index (χ2v) is 8.67. The molecule has 2 aromatic heterocycles. The zero-order valence-corrected chi connectivity index (χ0v) is 20.7. The summed E-state index contributed by atoms with van der Waals surface area (Å²) in [5.74, 6) is -1.66. The minimum absolute atomic E-state index is 0.00829. The predicted molar refractivity (Wildman–Crippen MR) is 136 cm³/mol. The van der Waals surface area contributed by atoms with E-state index in [9.17, 15) is 19.5 Å². The van der Waals surface area contributed by atoms with Crippen LogP contribution in [0.1, 0.15) is 15.9 Å². The Bertz CT molecular complexity index is 1530. The number of carboxylic acids is 1. The van der Waals surface area contributed by atoms with Crippen molar-refractivity contribution in [2.24, 2.45) is 7.05 Å². The molecule has 0 unspecified atom stereocenters. The molecule has 0 saturated heterocycles. The van der Waals surface area contributed by atoms with E-state index in [0.717, 1.165) is 0 Å². The molecule has 2 aromatic carbocycles. The van der Waals surface area contributed by atoms with E-state index < -0.39 is 17.9 Å². The maximum Gasteiger partial charge on any atom is 0.326 e. The van der Waals surface area contributed by atoms with Gasteiger partial charge in [-0.25, -0.2) is 9.48 Å². The van der Waals surface area contributed by atoms with Gasteiger partial charge in [0.15, 0.2) is 5.75 Å². The third-order valence-electron chi connectivity index (χ3n) is 5.66. The summed E-state index contributed by atoms with van der Waals surface area (Å²) in [4.78, 5) is 42.2. The highest BCUT2D eigenvalue weighted by molar-refractivity contribution is 6.39. The van der Waals surface area contributed by atoms with Gasteiger partial charge < -0.3 is 15.2 Å². The molecule has 4 rings (SSSR count). The van der Waals surface area contributed by atoms with Gasteiger partial charge in [-0.05, 0) is 23.8 Å². The number of hydrogen-bond acceptors (Lipinski definition) is 6. The van der Waals surface area contributed by atoms with Gasteiger partial charge in [0.1, 0.15) is 6.04 Å². The SMILES string of the molecule is COc1cnn(C)c(=O)c1-c1ccc(C[C@H](NC(=O)c2c(Cl)cccc2Cl)C(=O)O)c2ncccc12. The lowest BCUT2D eigenvalue weighted by Gasteiger charge is -2.18. The van der Waals surface area contributed by atoms with Crippen LogP contribution in [-0.2, 0) is 18.3 Å². The van der Waals surface area contributed by atoms with E-state index in [2.05, 4.69) is 15.4 Å². The van der Waals surface area contributed by atoms with Gasteiger partial charge in [-0.2, -0.15) is 5.10 Å². The molecule has 0 saturated carbocycles. The molecule has 0 bridgehead atoms. The quantitative estimate of drug-likeness (QED) is 0.375. The van der Waals surface area contributed by atoms with Crippen molar-refractivity contribution in [1.82, 2.24) is 20.1 Å². The number of carbonyl (C=O) groups excluding carboxylic acids is 1. The molecule has 36 heavy (non-hydrogen) atoms. The number of benzene rings is 2. The summed E-state index contributed by atoms with van der Waals surface area (Å²) in [6, 6.07) is 10.1. The third-order valence-corrected chi connectivity index (χ3v) is 6.29. The van der Waals surface area contributed by atoms with E-state index in [1.165, 1.54) is 37.2 Å². The van der Waals surface area contributed by atoms with Crippen LogP contribution in [0.15, 0.2) is 59.7 Å². The Morgan fingerprint density at radius 2 is 1.86 bits per heavy atom. The lowest BCUT2D eigenvalue weighted by atomic mass is 9.95. The van der Waals surface area contributed by atoms with Crippen LogP contribution < -0.4 is 15.6 Å². The zero-order valence-electron chi connectivity index (χ0n) is 19.2. The number of carboxylic acid groups (broad SMARTS) is 1. The Balaban J connectivity index is 1.76. The van der Waals surface area contributed by atoms with E-state index in [1.54, 1.807) is 36.5 Å². The van der Waals surface area contributed by atoms with Crippen molar-refractivity contribution < 1.29 is 19.4 Å². The van der Waals surface area contributed by atoms with E-state index in [1.807, 2.05) is 0 Å². The van der Waals surface area contributed by atoms with Crippen molar-refractivity contribution in [2.45, 2.75) is 12.5 Å². The monoisotopic (exact) mass is 526 g/mol. The van der Waals surface area contributed by atoms with Crippen molar-refractivity contribution in [2.75, 3.05) is 7.11 Å². The number of aryl methyl sites for hydroxylation is 1. The van der Waals surface area contributed by atoms with E-state index in [0.29, 0.717) is 33.3 Å². The van der Waals surface area contributed by atoms with Gasteiger partial charge in [0.05, 0.1) is 40.0 Å². The molecule has 1 amide bonds. The largest absolute Gasteiger partial charge is 0.494 e. The van der Waals surface area contributed by atoms with Crippen LogP contribution >= 0.6 is 23.2 Å². The number of aromatic nitrogens is 3. The number of fused-ring (bicyclic) bond motifs is 1. The maximum atomic E-state index is 12.9. The van der Waals surface area contributed by atoms with Gasteiger partial charge in [-0.3, -0.25) is 14.6 Å². The Labute approximate surface area is 215 Å². The molecule has 184 valence electrons. The fraction of sp³-hybridized carbons (Fsp3) is 0.160. The average Bonchev–Trinajstić information content (AvgIpc) is 2.85. The summed E-state index contributed by atoms with van der Waals surface area (Å²) < 4.78 is 6.57. The standard InChI is InChI=1S/C25H20Cl2N4O5/c1-31-24(33)20(19(36-2)12-29-31)14-9-8-13(22-15(14)5-4-10-28-22)11-18(25(34)35)30-23(32)21-16(26)6-3-7-17(21)27/h3-10,12,18H,11H2,1-2H3,(H,30,32)(H,34,35)/t18-/m0/s1. The lowest BCUT2D eigenvalue weighted by Crippen LogP contribution is -2.42. The second kappa shape index (κ2) is 10.3. The minimum Gasteiger partial charge on any atom is -0.494 e. The van der Waals surface area contributed by atoms with Gasteiger partial charge in [0.2, 0.25) is 0 Å². The highest BCUT2D eigenvalue weighted by atomic mass is 35.5. The number of aliphatic carboxylic acids is 1. The van der Waals surface area contributed by atoms with Crippen LogP contribution in [0.25, 0.3) is 22.0 Å². The number of amides is 1. The molecule has 0 fully saturated rings. The summed E-state index contributed by atoms with van der Waals surface area (Å²) in [5.41, 5.74) is 1.52. The third kappa shape index (κ3) is 4.75. The molecule has 0 spiro atoms. The molecular formula is C25H20Cl2N4O5. The highest BCUT2D eigenvalue weighted by Gasteiger charge is 2.25. The molecule has 9 nitrogen and oxygen atoms in total. The van der Waals surface area contributed by atoms with Crippen LogP contribution in [0.4, 0.5) is 0 Å². The summed E-state index contributed by atoms with van der Waals surface area (Å²) in [6.45, 7) is 0. The normalized spacial score (nSPS) is 11.8. The van der Waals surface area contributed by atoms with Crippen LogP contribution in [-0.4, -0.2) is 44.9 Å². The summed E-state index contributed by atoms with van der Waals surface area (Å²) in [5, 5.41) is 17.2. The van der Waals surface area contributed by atoms with Crippen LogP contribution in [0.2, 0.25) is 10.0 Å². The topological polar surface area (TPSA) is 123 Å². The number of pyridine rings is 1. The van der Waals surface area contributed by atoms with Crippen LogP contribution in [0, 0.1) is 0 Å². The van der Waals surface area contributed by atoms with Gasteiger partial charge in [0, 0.05) is 30.6 Å². The molecule has 0 aliphatic carbocycles. The molecule has 0 aliphatic rings. The number of carbonyl (C=O) groups is 2. The summed E-state index contributed by atoms with van der Waals surface area (Å²) >= 11 is 12.2. The molecule has 2 N–H and O–H groups in total. The summed E-state index contributed by atoms with van der Waals surface area (Å²) in [6.07, 6.45) is 2.93. The number of ether oxygens (including phenoxy) is 1. The first-order chi connectivity index (χ1) is 17.2.